The molecule has 0 nitrogen and oxygen atoms in total. The van der Waals surface area contributed by atoms with Crippen LogP contribution in [-0.4, -0.2) is 0 Å². The van der Waals surface area contributed by atoms with Crippen molar-refractivity contribution in [3.8, 4) is 0 Å². The summed E-state index contributed by atoms with van der Waals surface area (Å²) in [7, 11) is 0. The monoisotopic (exact) mass is 946 g/mol. The number of benzene rings is 1. The predicted octanol–water partition coefficient (Wildman–Crippen LogP) is 24.8. The fourth-order valence-corrected chi connectivity index (χ4v) is 11.4. The van der Waals surface area contributed by atoms with Crippen molar-refractivity contribution in [3.05, 3.63) is 41.3 Å². The molecule has 0 aliphatic carbocycles. The minimum absolute atomic E-state index is 0.942. The van der Waals surface area contributed by atoms with Gasteiger partial charge in [0, 0.05) is 0 Å². The van der Waals surface area contributed by atoms with Gasteiger partial charge >= 0.3 is 0 Å². The molecule has 1 radical (unpaired) electrons. The first-order valence-electron chi connectivity index (χ1n) is 32.7. The quantitative estimate of drug-likeness (QED) is 0.0571. The Labute approximate surface area is 432 Å². The van der Waals surface area contributed by atoms with E-state index in [4.69, 9.17) is 0 Å². The smallest absolute Gasteiger partial charge is 0.0273 e. The molecular formula is C68H129. The summed E-state index contributed by atoms with van der Waals surface area (Å²) in [5, 5.41) is 0. The molecule has 0 aliphatic heterocycles. The van der Waals surface area contributed by atoms with E-state index >= 15 is 0 Å². The molecule has 0 spiro atoms. The third-order valence-corrected chi connectivity index (χ3v) is 16.2. The highest BCUT2D eigenvalue weighted by atomic mass is 14.2. The van der Waals surface area contributed by atoms with Crippen LogP contribution in [-0.2, 0) is 25.7 Å². The molecule has 1 aromatic carbocycles. The average molecular weight is 947 g/mol. The first kappa shape index (κ1) is 65.2. The molecule has 0 bridgehead atoms. The Balaban J connectivity index is 2.39. The van der Waals surface area contributed by atoms with Crippen LogP contribution in [0.5, 0.6) is 0 Å². The standard InChI is InChI=1S/C68H129/c1-5-9-12-15-18-21-24-27-30-33-36-39-42-45-48-51-54-57-60-66-63-65(8-4)64-67(61-58-55-52-49-46-43-40-37-34-31-28-25-22-19-16-13-10-6-2)68(66)62-59-56-53-50-47-44-41-38-35-32-29-26-23-20-17-14-11-7-3/h63-64H,4-62H2,1-3H3. The zero-order valence-electron chi connectivity index (χ0n) is 47.9. The molecule has 0 heteroatoms. The Kier molecular flexibility index (Phi) is 53.3. The molecule has 0 aromatic heterocycles. The Hall–Kier alpha value is -0.780. The molecule has 0 atom stereocenters. The van der Waals surface area contributed by atoms with E-state index in [9.17, 15) is 0 Å². The van der Waals surface area contributed by atoms with Crippen LogP contribution in [0.15, 0.2) is 12.1 Å². The van der Waals surface area contributed by atoms with Gasteiger partial charge in [-0.1, -0.05) is 360 Å². The molecule has 68 heavy (non-hydrogen) atoms. The van der Waals surface area contributed by atoms with Gasteiger partial charge < -0.3 is 0 Å². The van der Waals surface area contributed by atoms with Gasteiger partial charge in [-0.15, -0.1) is 0 Å². The molecule has 401 valence electrons. The average Bonchev–Trinajstić information content (AvgIpc) is 3.35. The Morgan fingerprint density at radius 3 is 0.559 bits per heavy atom. The van der Waals surface area contributed by atoms with Gasteiger partial charge in [0.15, 0.2) is 0 Å². The van der Waals surface area contributed by atoms with Crippen LogP contribution >= 0.6 is 0 Å². The number of hydrogen-bond donors (Lipinski definition) is 0. The molecule has 0 amide bonds. The van der Waals surface area contributed by atoms with E-state index in [0.29, 0.717) is 0 Å². The van der Waals surface area contributed by atoms with Gasteiger partial charge in [-0.3, -0.25) is 0 Å². The molecule has 0 heterocycles. The van der Waals surface area contributed by atoms with Crippen molar-refractivity contribution in [2.45, 2.75) is 393 Å². The third kappa shape index (κ3) is 45.1. The summed E-state index contributed by atoms with van der Waals surface area (Å²) >= 11 is 0. The zero-order chi connectivity index (χ0) is 48.7. The topological polar surface area (TPSA) is 0 Å². The highest BCUT2D eigenvalue weighted by Gasteiger charge is 2.12. The second-order valence-corrected chi connectivity index (χ2v) is 22.9. The highest BCUT2D eigenvalue weighted by molar-refractivity contribution is 5.40. The van der Waals surface area contributed by atoms with Gasteiger partial charge in [0.05, 0.1) is 0 Å². The van der Waals surface area contributed by atoms with E-state index in [1.54, 1.807) is 16.7 Å². The van der Waals surface area contributed by atoms with Crippen LogP contribution in [0.1, 0.15) is 390 Å². The SMILES string of the molecule is [CH2]Cc1cc(CCCCCCCCCCCCCCCCCCCC)c(CCCCCCCCCCCCCCCCCCCC)c(CCCCCCCCCCCCCCCCCCCC)c1. The molecule has 0 aliphatic rings. The summed E-state index contributed by atoms with van der Waals surface area (Å²) in [6.45, 7) is 11.3. The van der Waals surface area contributed by atoms with Crippen LogP contribution in [0.3, 0.4) is 0 Å². The Morgan fingerprint density at radius 2 is 0.382 bits per heavy atom. The molecule has 0 unspecified atom stereocenters. The van der Waals surface area contributed by atoms with Crippen molar-refractivity contribution >= 4 is 0 Å². The molecule has 0 fully saturated rings. The first-order chi connectivity index (χ1) is 33.8. The minimum Gasteiger partial charge on any atom is -0.0654 e. The maximum absolute atomic E-state index is 4.39. The van der Waals surface area contributed by atoms with Crippen LogP contribution in [0.2, 0.25) is 0 Å². The lowest BCUT2D eigenvalue weighted by atomic mass is 9.87. The van der Waals surface area contributed by atoms with Crippen molar-refractivity contribution in [1.29, 1.82) is 0 Å². The van der Waals surface area contributed by atoms with Crippen molar-refractivity contribution < 1.29 is 0 Å². The van der Waals surface area contributed by atoms with Gasteiger partial charge in [-0.2, -0.15) is 0 Å². The van der Waals surface area contributed by atoms with Gasteiger partial charge in [-0.25, -0.2) is 0 Å². The number of rotatable bonds is 58. The van der Waals surface area contributed by atoms with Crippen LogP contribution < -0.4 is 0 Å². The lowest BCUT2D eigenvalue weighted by Gasteiger charge is -2.18. The van der Waals surface area contributed by atoms with Crippen LogP contribution in [0.4, 0.5) is 0 Å². The molecule has 0 N–H and O–H groups in total. The van der Waals surface area contributed by atoms with Crippen LogP contribution in [0.25, 0.3) is 0 Å². The first-order valence-corrected chi connectivity index (χ1v) is 32.7. The summed E-state index contributed by atoms with van der Waals surface area (Å²) in [6.07, 6.45) is 83.4. The van der Waals surface area contributed by atoms with E-state index in [2.05, 4.69) is 39.8 Å². The summed E-state index contributed by atoms with van der Waals surface area (Å²) in [6, 6.07) is 5.20. The third-order valence-electron chi connectivity index (χ3n) is 16.2. The number of aryl methyl sites for hydroxylation is 2. The molecule has 1 rings (SSSR count). The molecular weight excluding hydrogens is 817 g/mol. The maximum Gasteiger partial charge on any atom is -0.0273 e. The molecule has 0 saturated carbocycles. The summed E-state index contributed by atoms with van der Waals surface area (Å²) in [4.78, 5) is 0. The van der Waals surface area contributed by atoms with E-state index in [1.165, 1.54) is 372 Å². The van der Waals surface area contributed by atoms with E-state index < -0.39 is 0 Å². The van der Waals surface area contributed by atoms with E-state index in [0.717, 1.165) is 6.42 Å². The largest absolute Gasteiger partial charge is 0.0654 e. The minimum atomic E-state index is 0.942. The van der Waals surface area contributed by atoms with Crippen molar-refractivity contribution in [2.75, 3.05) is 0 Å². The summed E-state index contributed by atoms with van der Waals surface area (Å²) in [5.41, 5.74) is 6.71. The van der Waals surface area contributed by atoms with Crippen molar-refractivity contribution in [1.82, 2.24) is 0 Å². The fourth-order valence-electron chi connectivity index (χ4n) is 11.4. The second-order valence-electron chi connectivity index (χ2n) is 22.9. The van der Waals surface area contributed by atoms with Gasteiger partial charge in [0.2, 0.25) is 0 Å². The van der Waals surface area contributed by atoms with Crippen molar-refractivity contribution in [2.24, 2.45) is 0 Å². The summed E-state index contributed by atoms with van der Waals surface area (Å²) in [5.74, 6) is 0. The number of hydrogen-bond acceptors (Lipinski definition) is 0. The lowest BCUT2D eigenvalue weighted by molar-refractivity contribution is 0.523. The van der Waals surface area contributed by atoms with E-state index in [1.807, 2.05) is 0 Å². The Bertz CT molecular complexity index is 1020. The van der Waals surface area contributed by atoms with Gasteiger partial charge in [-0.05, 0) is 74.1 Å². The second kappa shape index (κ2) is 55.5. The van der Waals surface area contributed by atoms with Gasteiger partial charge in [0.1, 0.15) is 0 Å². The Morgan fingerprint density at radius 1 is 0.221 bits per heavy atom. The maximum atomic E-state index is 4.39. The lowest BCUT2D eigenvalue weighted by Crippen LogP contribution is -2.04. The normalized spacial score (nSPS) is 11.7. The molecule has 1 aromatic rings. The molecule has 0 saturated heterocycles. The predicted molar refractivity (Wildman–Crippen MR) is 313 cm³/mol. The highest BCUT2D eigenvalue weighted by Crippen LogP contribution is 2.27. The van der Waals surface area contributed by atoms with Crippen LogP contribution in [0, 0.1) is 6.92 Å². The van der Waals surface area contributed by atoms with E-state index in [-0.39, 0.29) is 0 Å². The summed E-state index contributed by atoms with van der Waals surface area (Å²) < 4.78 is 0. The fraction of sp³-hybridized carbons (Fsp3) is 0.897. The van der Waals surface area contributed by atoms with Crippen molar-refractivity contribution in [3.63, 3.8) is 0 Å². The zero-order valence-corrected chi connectivity index (χ0v) is 47.9. The number of unbranched alkanes of at least 4 members (excludes halogenated alkanes) is 51. The van der Waals surface area contributed by atoms with Gasteiger partial charge in [0.25, 0.3) is 0 Å².